The van der Waals surface area contributed by atoms with Crippen molar-refractivity contribution < 1.29 is 4.79 Å². The van der Waals surface area contributed by atoms with Crippen LogP contribution in [0.4, 0.5) is 5.00 Å². The molecule has 0 saturated carbocycles. The zero-order valence-corrected chi connectivity index (χ0v) is 17.1. The Hall–Kier alpha value is -2.43. The van der Waals surface area contributed by atoms with Crippen molar-refractivity contribution in [3.05, 3.63) is 86.8 Å². The minimum absolute atomic E-state index is 0.0987. The molecule has 0 fully saturated rings. The minimum atomic E-state index is -0.208. The molecule has 0 radical (unpaired) electrons. The lowest BCUT2D eigenvalue weighted by Gasteiger charge is -2.44. The van der Waals surface area contributed by atoms with Crippen molar-refractivity contribution in [2.45, 2.75) is 38.8 Å². The van der Waals surface area contributed by atoms with E-state index >= 15 is 0 Å². The summed E-state index contributed by atoms with van der Waals surface area (Å²) in [7, 11) is 0. The van der Waals surface area contributed by atoms with Crippen LogP contribution in [-0.4, -0.2) is 17.2 Å². The average molecular weight is 389 g/mol. The molecular formula is C24H24N2OS. The Balaban J connectivity index is 1.66. The topological polar surface area (TPSA) is 46.3 Å². The number of carbonyl (C=O) groups excluding carboxylic acids is 1. The molecule has 1 aliphatic heterocycles. The van der Waals surface area contributed by atoms with Gasteiger partial charge >= 0.3 is 0 Å². The van der Waals surface area contributed by atoms with Gasteiger partial charge in [-0.25, -0.2) is 0 Å². The fraction of sp³-hybridized carbons (Fsp3) is 0.292. The molecule has 4 heteroatoms. The number of hydrogen-bond donors (Lipinski definition) is 1. The quantitative estimate of drug-likeness (QED) is 0.704. The number of benzene rings is 2. The fourth-order valence-electron chi connectivity index (χ4n) is 4.98. The van der Waals surface area contributed by atoms with Crippen LogP contribution in [0.15, 0.2) is 48.5 Å². The highest BCUT2D eigenvalue weighted by atomic mass is 32.1. The molecule has 2 aromatic carbocycles. The zero-order chi connectivity index (χ0) is 19.5. The summed E-state index contributed by atoms with van der Waals surface area (Å²) in [4.78, 5) is 17.0. The maximum absolute atomic E-state index is 13.3. The van der Waals surface area contributed by atoms with E-state index in [1.807, 2.05) is 6.07 Å². The van der Waals surface area contributed by atoms with E-state index in [4.69, 9.17) is 5.73 Å². The zero-order valence-electron chi connectivity index (χ0n) is 16.3. The van der Waals surface area contributed by atoms with Crippen molar-refractivity contribution in [1.29, 1.82) is 0 Å². The molecule has 2 heterocycles. The molecule has 0 spiro atoms. The molecule has 2 N–H and O–H groups in total. The summed E-state index contributed by atoms with van der Waals surface area (Å²) in [6.45, 7) is 7.11. The normalized spacial score (nSPS) is 20.7. The lowest BCUT2D eigenvalue weighted by molar-refractivity contribution is 0.102. The number of thiophene rings is 1. The van der Waals surface area contributed by atoms with E-state index in [1.165, 1.54) is 27.1 Å². The summed E-state index contributed by atoms with van der Waals surface area (Å²) in [5, 5.41) is 0.674. The van der Waals surface area contributed by atoms with Crippen molar-refractivity contribution in [3.8, 4) is 0 Å². The second-order valence-corrected chi connectivity index (χ2v) is 9.30. The molecule has 3 aromatic rings. The van der Waals surface area contributed by atoms with E-state index in [0.29, 0.717) is 5.00 Å². The Bertz CT molecular complexity index is 1090. The highest BCUT2D eigenvalue weighted by molar-refractivity contribution is 7.16. The molecule has 1 unspecified atom stereocenters. The van der Waals surface area contributed by atoms with E-state index in [-0.39, 0.29) is 11.2 Å². The highest BCUT2D eigenvalue weighted by Gasteiger charge is 2.47. The molecular weight excluding hydrogens is 364 g/mol. The predicted octanol–water partition coefficient (Wildman–Crippen LogP) is 4.76. The molecule has 0 bridgehead atoms. The summed E-state index contributed by atoms with van der Waals surface area (Å²) in [5.74, 6) is 0.0987. The van der Waals surface area contributed by atoms with E-state index in [2.05, 4.69) is 61.2 Å². The number of nitrogen functional groups attached to an aromatic ring is 1. The maximum atomic E-state index is 13.3. The number of rotatable bonds is 3. The molecule has 1 aliphatic carbocycles. The van der Waals surface area contributed by atoms with E-state index < -0.39 is 0 Å². The first kappa shape index (κ1) is 17.7. The Kier molecular flexibility index (Phi) is 3.97. The molecule has 5 rings (SSSR count). The van der Waals surface area contributed by atoms with Crippen molar-refractivity contribution >= 4 is 22.1 Å². The standard InChI is InChI=1S/C24H24N2OS/c1-3-15-9-10-17-18(11-15)24(2)14-26(12-16-7-5-4-6-8-16)13-19-21(24)20(22(17)27)23(25)28-19/h4-11H,3,12-14,25H2,1-2H3. The Morgan fingerprint density at radius 1 is 1.14 bits per heavy atom. The minimum Gasteiger partial charge on any atom is -0.390 e. The van der Waals surface area contributed by atoms with E-state index in [0.717, 1.165) is 37.2 Å². The van der Waals surface area contributed by atoms with E-state index in [1.54, 1.807) is 11.3 Å². The fourth-order valence-corrected chi connectivity index (χ4v) is 6.22. The summed E-state index contributed by atoms with van der Waals surface area (Å²) < 4.78 is 0. The van der Waals surface area contributed by atoms with Gasteiger partial charge in [-0.15, -0.1) is 11.3 Å². The molecule has 1 atom stereocenters. The third kappa shape index (κ3) is 2.48. The first-order chi connectivity index (χ1) is 13.5. The number of fused-ring (bicyclic) bond motifs is 2. The SMILES string of the molecule is CCc1ccc2c(c1)C1(C)CN(Cc3ccccc3)Cc3sc(N)c(c31)C2=O. The monoisotopic (exact) mass is 388 g/mol. The molecule has 28 heavy (non-hydrogen) atoms. The van der Waals surface area contributed by atoms with Crippen LogP contribution in [0.25, 0.3) is 0 Å². The van der Waals surface area contributed by atoms with Gasteiger partial charge in [0.2, 0.25) is 0 Å². The average Bonchev–Trinajstić information content (AvgIpc) is 3.04. The van der Waals surface area contributed by atoms with Crippen LogP contribution in [0.1, 0.15) is 56.9 Å². The van der Waals surface area contributed by atoms with Crippen LogP contribution in [0.5, 0.6) is 0 Å². The van der Waals surface area contributed by atoms with Crippen LogP contribution in [0, 0.1) is 0 Å². The third-order valence-electron chi connectivity index (χ3n) is 6.27. The van der Waals surface area contributed by atoms with Crippen LogP contribution in [0.2, 0.25) is 0 Å². The van der Waals surface area contributed by atoms with Crippen molar-refractivity contribution in [3.63, 3.8) is 0 Å². The van der Waals surface area contributed by atoms with Crippen LogP contribution < -0.4 is 5.73 Å². The van der Waals surface area contributed by atoms with Gasteiger partial charge in [0, 0.05) is 35.5 Å². The van der Waals surface area contributed by atoms with Gasteiger partial charge in [0.25, 0.3) is 0 Å². The second-order valence-electron chi connectivity index (χ2n) is 8.16. The molecule has 0 saturated heterocycles. The summed E-state index contributed by atoms with van der Waals surface area (Å²) in [5.41, 5.74) is 12.7. The van der Waals surface area contributed by atoms with Crippen LogP contribution >= 0.6 is 11.3 Å². The number of anilines is 1. The molecule has 142 valence electrons. The number of ketones is 1. The van der Waals surface area contributed by atoms with Crippen molar-refractivity contribution in [2.24, 2.45) is 0 Å². The first-order valence-electron chi connectivity index (χ1n) is 9.87. The van der Waals surface area contributed by atoms with Gasteiger partial charge in [-0.1, -0.05) is 62.4 Å². The van der Waals surface area contributed by atoms with Gasteiger partial charge in [0.05, 0.1) is 10.6 Å². The summed E-state index contributed by atoms with van der Waals surface area (Å²) in [6, 6.07) is 16.9. The Labute approximate surface area is 169 Å². The number of aryl methyl sites for hydroxylation is 1. The Morgan fingerprint density at radius 2 is 1.93 bits per heavy atom. The molecule has 1 aromatic heterocycles. The van der Waals surface area contributed by atoms with Crippen LogP contribution in [0.3, 0.4) is 0 Å². The maximum Gasteiger partial charge on any atom is 0.196 e. The second kappa shape index (κ2) is 6.29. The number of carbonyl (C=O) groups is 1. The predicted molar refractivity (Wildman–Crippen MR) is 115 cm³/mol. The van der Waals surface area contributed by atoms with Gasteiger partial charge < -0.3 is 5.73 Å². The highest BCUT2D eigenvalue weighted by Crippen LogP contribution is 2.51. The lowest BCUT2D eigenvalue weighted by atomic mass is 9.65. The lowest BCUT2D eigenvalue weighted by Crippen LogP contribution is -2.47. The number of hydrogen-bond acceptors (Lipinski definition) is 4. The molecule has 2 aliphatic rings. The van der Waals surface area contributed by atoms with Gasteiger partial charge in [0.1, 0.15) is 0 Å². The van der Waals surface area contributed by atoms with Crippen LogP contribution in [-0.2, 0) is 24.9 Å². The Morgan fingerprint density at radius 3 is 2.68 bits per heavy atom. The summed E-state index contributed by atoms with van der Waals surface area (Å²) >= 11 is 1.60. The largest absolute Gasteiger partial charge is 0.390 e. The van der Waals surface area contributed by atoms with Gasteiger partial charge in [0.15, 0.2) is 5.78 Å². The van der Waals surface area contributed by atoms with Crippen molar-refractivity contribution in [2.75, 3.05) is 12.3 Å². The first-order valence-corrected chi connectivity index (χ1v) is 10.7. The third-order valence-corrected chi connectivity index (χ3v) is 7.28. The van der Waals surface area contributed by atoms with Gasteiger partial charge in [-0.3, -0.25) is 9.69 Å². The van der Waals surface area contributed by atoms with Crippen molar-refractivity contribution in [1.82, 2.24) is 4.90 Å². The number of nitrogens with zero attached hydrogens (tertiary/aromatic N) is 1. The smallest absolute Gasteiger partial charge is 0.196 e. The molecule has 3 nitrogen and oxygen atoms in total. The van der Waals surface area contributed by atoms with Gasteiger partial charge in [-0.2, -0.15) is 0 Å². The van der Waals surface area contributed by atoms with Gasteiger partial charge in [-0.05, 0) is 28.7 Å². The number of nitrogens with two attached hydrogens (primary N) is 1. The summed E-state index contributed by atoms with van der Waals surface area (Å²) in [6.07, 6.45) is 0.969. The van der Waals surface area contributed by atoms with E-state index in [9.17, 15) is 4.79 Å². The molecule has 0 amide bonds.